The molecule has 1 atom stereocenters. The van der Waals surface area contributed by atoms with Crippen LogP contribution >= 0.6 is 0 Å². The molecule has 0 amide bonds. The molecule has 88 valence electrons. The van der Waals surface area contributed by atoms with Gasteiger partial charge < -0.3 is 10.4 Å². The van der Waals surface area contributed by atoms with Gasteiger partial charge in [0.05, 0.1) is 5.60 Å². The average Bonchev–Trinajstić information content (AvgIpc) is 3.02. The molecule has 2 heteroatoms. The summed E-state index contributed by atoms with van der Waals surface area (Å²) in [6, 6.07) is 9.05. The van der Waals surface area contributed by atoms with E-state index < -0.39 is 5.60 Å². The van der Waals surface area contributed by atoms with Crippen LogP contribution in [0, 0.1) is 6.92 Å². The highest BCUT2D eigenvalue weighted by molar-refractivity contribution is 5.22. The van der Waals surface area contributed by atoms with E-state index in [0.717, 1.165) is 0 Å². The van der Waals surface area contributed by atoms with Crippen LogP contribution in [0.25, 0.3) is 0 Å². The average molecular weight is 219 g/mol. The first kappa shape index (κ1) is 11.6. The predicted molar refractivity (Wildman–Crippen MR) is 66.5 cm³/mol. The van der Waals surface area contributed by atoms with Gasteiger partial charge in [0.2, 0.25) is 0 Å². The summed E-state index contributed by atoms with van der Waals surface area (Å²) in [4.78, 5) is 0. The molecule has 1 aliphatic carbocycles. The van der Waals surface area contributed by atoms with Gasteiger partial charge in [0.1, 0.15) is 0 Å². The second-order valence-corrected chi connectivity index (χ2v) is 5.31. The topological polar surface area (TPSA) is 32.3 Å². The van der Waals surface area contributed by atoms with E-state index in [9.17, 15) is 5.11 Å². The van der Waals surface area contributed by atoms with E-state index in [1.807, 2.05) is 6.92 Å². The van der Waals surface area contributed by atoms with Crippen LogP contribution < -0.4 is 5.32 Å². The Kier molecular flexibility index (Phi) is 3.31. The molecule has 1 saturated carbocycles. The third kappa shape index (κ3) is 3.62. The monoisotopic (exact) mass is 219 g/mol. The molecule has 0 bridgehead atoms. The van der Waals surface area contributed by atoms with Crippen molar-refractivity contribution in [1.82, 2.24) is 5.32 Å². The fourth-order valence-electron chi connectivity index (χ4n) is 1.86. The first-order chi connectivity index (χ1) is 7.55. The van der Waals surface area contributed by atoms with Crippen molar-refractivity contribution in [2.45, 2.75) is 44.8 Å². The van der Waals surface area contributed by atoms with Crippen LogP contribution in [0.4, 0.5) is 0 Å². The standard InChI is InChI=1S/C14H21NO/c1-11-3-5-12(6-4-11)9-14(2,16)10-15-13-7-8-13/h3-6,13,15-16H,7-10H2,1-2H3. The number of aryl methyl sites for hydroxylation is 1. The van der Waals surface area contributed by atoms with Gasteiger partial charge in [-0.2, -0.15) is 0 Å². The van der Waals surface area contributed by atoms with Crippen LogP contribution in [-0.2, 0) is 6.42 Å². The Hall–Kier alpha value is -0.860. The molecule has 0 heterocycles. The normalized spacial score (nSPS) is 19.4. The van der Waals surface area contributed by atoms with E-state index in [2.05, 4.69) is 36.5 Å². The van der Waals surface area contributed by atoms with Crippen LogP contribution in [0.3, 0.4) is 0 Å². The Morgan fingerprint density at radius 3 is 2.50 bits per heavy atom. The molecule has 2 N–H and O–H groups in total. The van der Waals surface area contributed by atoms with E-state index >= 15 is 0 Å². The molecule has 0 radical (unpaired) electrons. The van der Waals surface area contributed by atoms with Crippen molar-refractivity contribution < 1.29 is 5.11 Å². The molecular weight excluding hydrogens is 198 g/mol. The number of rotatable bonds is 5. The number of hydrogen-bond acceptors (Lipinski definition) is 2. The molecule has 1 aromatic rings. The highest BCUT2D eigenvalue weighted by Gasteiger charge is 2.26. The maximum absolute atomic E-state index is 10.3. The molecule has 0 spiro atoms. The predicted octanol–water partition coefficient (Wildman–Crippen LogP) is 2.04. The van der Waals surface area contributed by atoms with Gasteiger partial charge in [-0.3, -0.25) is 0 Å². The molecule has 0 aliphatic heterocycles. The first-order valence-corrected chi connectivity index (χ1v) is 6.06. The van der Waals surface area contributed by atoms with E-state index in [4.69, 9.17) is 0 Å². The number of nitrogens with one attached hydrogen (secondary N) is 1. The Bertz CT molecular complexity index is 338. The second-order valence-electron chi connectivity index (χ2n) is 5.31. The Morgan fingerprint density at radius 2 is 1.94 bits per heavy atom. The van der Waals surface area contributed by atoms with Gasteiger partial charge in [-0.05, 0) is 32.3 Å². The molecule has 1 aliphatic rings. The van der Waals surface area contributed by atoms with Gasteiger partial charge in [0, 0.05) is 19.0 Å². The maximum Gasteiger partial charge on any atom is 0.0783 e. The largest absolute Gasteiger partial charge is 0.389 e. The summed E-state index contributed by atoms with van der Waals surface area (Å²) in [5.41, 5.74) is 1.82. The van der Waals surface area contributed by atoms with E-state index in [1.165, 1.54) is 24.0 Å². The Balaban J connectivity index is 1.87. The van der Waals surface area contributed by atoms with Gasteiger partial charge in [0.25, 0.3) is 0 Å². The molecule has 2 rings (SSSR count). The SMILES string of the molecule is Cc1ccc(CC(C)(O)CNC2CC2)cc1. The zero-order valence-electron chi connectivity index (χ0n) is 10.2. The minimum absolute atomic E-state index is 0.641. The van der Waals surface area contributed by atoms with Gasteiger partial charge in [-0.25, -0.2) is 0 Å². The number of benzene rings is 1. The summed E-state index contributed by atoms with van der Waals surface area (Å²) in [6.07, 6.45) is 3.24. The molecule has 1 aromatic carbocycles. The summed E-state index contributed by atoms with van der Waals surface area (Å²) < 4.78 is 0. The second kappa shape index (κ2) is 4.56. The lowest BCUT2D eigenvalue weighted by atomic mass is 9.96. The molecule has 16 heavy (non-hydrogen) atoms. The van der Waals surface area contributed by atoms with Crippen LogP contribution in [0.2, 0.25) is 0 Å². The Labute approximate surface area is 97.7 Å². The summed E-state index contributed by atoms with van der Waals surface area (Å²) in [6.45, 7) is 4.67. The van der Waals surface area contributed by atoms with Crippen LogP contribution in [-0.4, -0.2) is 23.3 Å². The summed E-state index contributed by atoms with van der Waals surface area (Å²) in [5.74, 6) is 0. The minimum Gasteiger partial charge on any atom is -0.389 e. The zero-order valence-corrected chi connectivity index (χ0v) is 10.2. The van der Waals surface area contributed by atoms with Gasteiger partial charge in [-0.1, -0.05) is 29.8 Å². The van der Waals surface area contributed by atoms with E-state index in [1.54, 1.807) is 0 Å². The van der Waals surface area contributed by atoms with Gasteiger partial charge >= 0.3 is 0 Å². The van der Waals surface area contributed by atoms with Crippen LogP contribution in [0.5, 0.6) is 0 Å². The first-order valence-electron chi connectivity index (χ1n) is 6.06. The highest BCUT2D eigenvalue weighted by atomic mass is 16.3. The maximum atomic E-state index is 10.3. The smallest absolute Gasteiger partial charge is 0.0783 e. The van der Waals surface area contributed by atoms with Crippen molar-refractivity contribution in [2.24, 2.45) is 0 Å². The minimum atomic E-state index is -0.641. The Morgan fingerprint density at radius 1 is 1.31 bits per heavy atom. The molecule has 0 aromatic heterocycles. The van der Waals surface area contributed by atoms with E-state index in [-0.39, 0.29) is 0 Å². The number of aliphatic hydroxyl groups is 1. The highest BCUT2D eigenvalue weighted by Crippen LogP contribution is 2.20. The van der Waals surface area contributed by atoms with Crippen molar-refractivity contribution in [3.63, 3.8) is 0 Å². The summed E-state index contributed by atoms with van der Waals surface area (Å²) in [7, 11) is 0. The summed E-state index contributed by atoms with van der Waals surface area (Å²) in [5, 5.41) is 13.6. The molecular formula is C14H21NO. The van der Waals surface area contributed by atoms with Crippen LogP contribution in [0.1, 0.15) is 30.9 Å². The number of hydrogen-bond donors (Lipinski definition) is 2. The fraction of sp³-hybridized carbons (Fsp3) is 0.571. The quantitative estimate of drug-likeness (QED) is 0.794. The van der Waals surface area contributed by atoms with Crippen molar-refractivity contribution in [3.05, 3.63) is 35.4 Å². The van der Waals surface area contributed by atoms with Crippen molar-refractivity contribution in [1.29, 1.82) is 0 Å². The molecule has 2 nitrogen and oxygen atoms in total. The van der Waals surface area contributed by atoms with Crippen LogP contribution in [0.15, 0.2) is 24.3 Å². The lowest BCUT2D eigenvalue weighted by molar-refractivity contribution is 0.0597. The summed E-state index contributed by atoms with van der Waals surface area (Å²) >= 11 is 0. The molecule has 0 saturated heterocycles. The molecule has 1 unspecified atom stereocenters. The zero-order chi connectivity index (χ0) is 11.6. The van der Waals surface area contributed by atoms with Gasteiger partial charge in [0.15, 0.2) is 0 Å². The van der Waals surface area contributed by atoms with E-state index in [0.29, 0.717) is 19.0 Å². The lowest BCUT2D eigenvalue weighted by Gasteiger charge is -2.24. The van der Waals surface area contributed by atoms with Crippen molar-refractivity contribution in [3.8, 4) is 0 Å². The third-order valence-electron chi connectivity index (χ3n) is 3.05. The van der Waals surface area contributed by atoms with Crippen molar-refractivity contribution in [2.75, 3.05) is 6.54 Å². The van der Waals surface area contributed by atoms with Gasteiger partial charge in [-0.15, -0.1) is 0 Å². The molecule has 1 fully saturated rings. The lowest BCUT2D eigenvalue weighted by Crippen LogP contribution is -2.40. The third-order valence-corrected chi connectivity index (χ3v) is 3.05. The van der Waals surface area contributed by atoms with Crippen molar-refractivity contribution >= 4 is 0 Å². The fourth-order valence-corrected chi connectivity index (χ4v) is 1.86.